The predicted molar refractivity (Wildman–Crippen MR) is 81.6 cm³/mol. The van der Waals surface area contributed by atoms with E-state index in [2.05, 4.69) is 15.4 Å². The van der Waals surface area contributed by atoms with Gasteiger partial charge in [-0.1, -0.05) is 11.6 Å². The van der Waals surface area contributed by atoms with Crippen LogP contribution in [0.4, 0.5) is 11.4 Å². The van der Waals surface area contributed by atoms with Crippen LogP contribution in [0, 0.1) is 0 Å². The van der Waals surface area contributed by atoms with Gasteiger partial charge in [-0.25, -0.2) is 8.42 Å². The Balaban J connectivity index is 2.06. The van der Waals surface area contributed by atoms with Crippen molar-refractivity contribution in [3.8, 4) is 0 Å². The van der Waals surface area contributed by atoms with Crippen LogP contribution in [-0.4, -0.2) is 14.7 Å². The van der Waals surface area contributed by atoms with Crippen LogP contribution in [-0.2, 0) is 16.6 Å². The normalized spacial score (nSPS) is 11.3. The van der Waals surface area contributed by atoms with Gasteiger partial charge < -0.3 is 5.32 Å². The first-order valence-electron chi connectivity index (χ1n) is 5.46. The third kappa shape index (κ3) is 4.41. The monoisotopic (exact) mass is 316 g/mol. The summed E-state index contributed by atoms with van der Waals surface area (Å²) in [6.07, 6.45) is 1.09. The van der Waals surface area contributed by atoms with Crippen molar-refractivity contribution in [2.45, 2.75) is 6.54 Å². The predicted octanol–water partition coefficient (Wildman–Crippen LogP) is 3.39. The molecule has 0 saturated carbocycles. The van der Waals surface area contributed by atoms with Crippen molar-refractivity contribution in [3.63, 3.8) is 0 Å². The second kappa shape index (κ2) is 5.81. The quantitative estimate of drug-likeness (QED) is 0.889. The zero-order valence-electron chi connectivity index (χ0n) is 10.2. The maximum Gasteiger partial charge on any atom is 0.229 e. The van der Waals surface area contributed by atoms with E-state index in [0.717, 1.165) is 11.9 Å². The number of thiophene rings is 1. The molecule has 19 heavy (non-hydrogen) atoms. The lowest BCUT2D eigenvalue weighted by atomic mass is 10.2. The fourth-order valence-corrected chi connectivity index (χ4v) is 3.03. The highest BCUT2D eigenvalue weighted by Crippen LogP contribution is 2.26. The topological polar surface area (TPSA) is 58.2 Å². The Labute approximate surface area is 121 Å². The molecule has 0 radical (unpaired) electrons. The van der Waals surface area contributed by atoms with Crippen molar-refractivity contribution in [1.82, 2.24) is 0 Å². The molecule has 1 heterocycles. The molecule has 0 aliphatic heterocycles. The van der Waals surface area contributed by atoms with Gasteiger partial charge >= 0.3 is 0 Å². The van der Waals surface area contributed by atoms with Crippen LogP contribution in [0.1, 0.15) is 5.56 Å². The van der Waals surface area contributed by atoms with Crippen LogP contribution < -0.4 is 10.0 Å². The Morgan fingerprint density at radius 3 is 2.68 bits per heavy atom. The van der Waals surface area contributed by atoms with Crippen molar-refractivity contribution in [3.05, 3.63) is 45.6 Å². The number of benzene rings is 1. The van der Waals surface area contributed by atoms with Gasteiger partial charge in [-0.3, -0.25) is 4.72 Å². The van der Waals surface area contributed by atoms with E-state index in [4.69, 9.17) is 11.6 Å². The molecule has 0 atom stereocenters. The van der Waals surface area contributed by atoms with Crippen molar-refractivity contribution in [2.24, 2.45) is 0 Å². The minimum absolute atomic E-state index is 0.362. The Morgan fingerprint density at radius 2 is 2.11 bits per heavy atom. The SMILES string of the molecule is CS(=O)(=O)Nc1ccc(NCc2ccsc2)cc1Cl. The molecule has 2 N–H and O–H groups in total. The molecule has 0 spiro atoms. The summed E-state index contributed by atoms with van der Waals surface area (Å²) in [5, 5.41) is 7.67. The number of nitrogens with one attached hydrogen (secondary N) is 2. The highest BCUT2D eigenvalue weighted by atomic mass is 35.5. The average molecular weight is 317 g/mol. The van der Waals surface area contributed by atoms with E-state index in [1.807, 2.05) is 11.4 Å². The van der Waals surface area contributed by atoms with Gasteiger partial charge in [0.2, 0.25) is 10.0 Å². The van der Waals surface area contributed by atoms with Gasteiger partial charge in [0.1, 0.15) is 0 Å². The lowest BCUT2D eigenvalue weighted by molar-refractivity contribution is 0.607. The Bertz CT molecular complexity index is 654. The maximum absolute atomic E-state index is 11.1. The Hall–Kier alpha value is -1.24. The summed E-state index contributed by atoms with van der Waals surface area (Å²) >= 11 is 7.68. The van der Waals surface area contributed by atoms with Gasteiger partial charge in [0, 0.05) is 12.2 Å². The first-order chi connectivity index (χ1) is 8.94. The average Bonchev–Trinajstić information content (AvgIpc) is 2.81. The van der Waals surface area contributed by atoms with Crippen molar-refractivity contribution in [2.75, 3.05) is 16.3 Å². The highest BCUT2D eigenvalue weighted by Gasteiger charge is 2.06. The summed E-state index contributed by atoms with van der Waals surface area (Å²) in [5.41, 5.74) is 2.42. The number of hydrogen-bond donors (Lipinski definition) is 2. The van der Waals surface area contributed by atoms with E-state index in [1.54, 1.807) is 29.5 Å². The third-order valence-electron chi connectivity index (χ3n) is 2.34. The highest BCUT2D eigenvalue weighted by molar-refractivity contribution is 7.92. The molecule has 7 heteroatoms. The van der Waals surface area contributed by atoms with Gasteiger partial charge in [0.05, 0.1) is 17.0 Å². The molecule has 0 bridgehead atoms. The smallest absolute Gasteiger partial charge is 0.229 e. The molecule has 1 aromatic heterocycles. The molecule has 2 aromatic rings. The Kier molecular flexibility index (Phi) is 4.34. The summed E-state index contributed by atoms with van der Waals surface area (Å²) in [7, 11) is -3.31. The van der Waals surface area contributed by atoms with Crippen LogP contribution in [0.2, 0.25) is 5.02 Å². The zero-order valence-corrected chi connectivity index (χ0v) is 12.6. The molecule has 0 fully saturated rings. The second-order valence-corrected chi connectivity index (χ2v) is 6.99. The van der Waals surface area contributed by atoms with E-state index in [1.165, 1.54) is 5.56 Å². The van der Waals surface area contributed by atoms with Crippen LogP contribution in [0.25, 0.3) is 0 Å². The molecule has 0 saturated heterocycles. The standard InChI is InChI=1S/C12H13ClN2O2S2/c1-19(16,17)15-12-3-2-10(6-11(12)13)14-7-9-4-5-18-8-9/h2-6,8,14-15H,7H2,1H3. The molecule has 102 valence electrons. The van der Waals surface area contributed by atoms with Gasteiger partial charge in [-0.2, -0.15) is 11.3 Å². The third-order valence-corrected chi connectivity index (χ3v) is 3.98. The fraction of sp³-hybridized carbons (Fsp3) is 0.167. The van der Waals surface area contributed by atoms with Gasteiger partial charge in [0.15, 0.2) is 0 Å². The van der Waals surface area contributed by atoms with Crippen LogP contribution in [0.3, 0.4) is 0 Å². The molecule has 2 rings (SSSR count). The van der Waals surface area contributed by atoms with E-state index in [0.29, 0.717) is 17.3 Å². The first kappa shape index (κ1) is 14.2. The number of halogens is 1. The summed E-state index contributed by atoms with van der Waals surface area (Å²) < 4.78 is 24.6. The van der Waals surface area contributed by atoms with E-state index < -0.39 is 10.0 Å². The zero-order chi connectivity index (χ0) is 13.9. The van der Waals surface area contributed by atoms with Crippen molar-refractivity contribution < 1.29 is 8.42 Å². The largest absolute Gasteiger partial charge is 0.381 e. The Morgan fingerprint density at radius 1 is 1.32 bits per heavy atom. The van der Waals surface area contributed by atoms with E-state index in [9.17, 15) is 8.42 Å². The molecular formula is C12H13ClN2O2S2. The molecule has 0 amide bonds. The molecule has 0 aliphatic carbocycles. The number of rotatable bonds is 5. The lowest BCUT2D eigenvalue weighted by Crippen LogP contribution is -2.10. The first-order valence-corrected chi connectivity index (χ1v) is 8.67. The maximum atomic E-state index is 11.1. The summed E-state index contributed by atoms with van der Waals surface area (Å²) in [6.45, 7) is 0.707. The molecule has 0 aliphatic rings. The fourth-order valence-electron chi connectivity index (χ4n) is 1.50. The summed E-state index contributed by atoms with van der Waals surface area (Å²) in [4.78, 5) is 0. The van der Waals surface area contributed by atoms with Gasteiger partial charge in [0.25, 0.3) is 0 Å². The van der Waals surface area contributed by atoms with Crippen molar-refractivity contribution in [1.29, 1.82) is 0 Å². The number of hydrogen-bond acceptors (Lipinski definition) is 4. The lowest BCUT2D eigenvalue weighted by Gasteiger charge is -2.09. The van der Waals surface area contributed by atoms with Gasteiger partial charge in [-0.05, 0) is 40.6 Å². The van der Waals surface area contributed by atoms with E-state index in [-0.39, 0.29) is 0 Å². The van der Waals surface area contributed by atoms with Crippen LogP contribution >= 0.6 is 22.9 Å². The molecule has 4 nitrogen and oxygen atoms in total. The van der Waals surface area contributed by atoms with Crippen LogP contribution in [0.15, 0.2) is 35.0 Å². The van der Waals surface area contributed by atoms with Crippen LogP contribution in [0.5, 0.6) is 0 Å². The second-order valence-electron chi connectivity index (χ2n) is 4.05. The number of sulfonamides is 1. The molecule has 1 aromatic carbocycles. The molecular weight excluding hydrogens is 304 g/mol. The molecule has 0 unspecified atom stereocenters. The number of anilines is 2. The summed E-state index contributed by atoms with van der Waals surface area (Å²) in [6, 6.07) is 7.16. The van der Waals surface area contributed by atoms with Gasteiger partial charge in [-0.15, -0.1) is 0 Å². The summed E-state index contributed by atoms with van der Waals surface area (Å²) in [5.74, 6) is 0. The minimum atomic E-state index is -3.31. The minimum Gasteiger partial charge on any atom is -0.381 e. The van der Waals surface area contributed by atoms with E-state index >= 15 is 0 Å². The van der Waals surface area contributed by atoms with Crippen molar-refractivity contribution >= 4 is 44.3 Å².